The fraction of sp³-hybridized carbons (Fsp3) is 0.217. The fourth-order valence-corrected chi connectivity index (χ4v) is 5.08. The first kappa shape index (κ1) is 18.3. The number of allylic oxidation sites excluding steroid dienone is 1. The van der Waals surface area contributed by atoms with Gasteiger partial charge in [-0.25, -0.2) is 4.79 Å². The highest BCUT2D eigenvalue weighted by Gasteiger charge is 2.43. The standard InChI is InChI=1S/C23H20N2O2S/c1-3-19-18(13-24)21(22(23(26)27)25(19)2)15-9-7-14(8-10-15)16-5-4-6-20-17(16)11-12-28-20/h4-12,21-22H,3H2,1-2H3,(H,26,27). The number of nitriles is 1. The van der Waals surface area contributed by atoms with Crippen LogP contribution in [-0.2, 0) is 4.79 Å². The van der Waals surface area contributed by atoms with Gasteiger partial charge in [0.1, 0.15) is 6.04 Å². The minimum atomic E-state index is -0.907. The number of carboxylic acid groups (broad SMARTS) is 1. The van der Waals surface area contributed by atoms with Crippen LogP contribution in [0.4, 0.5) is 0 Å². The van der Waals surface area contributed by atoms with Gasteiger partial charge >= 0.3 is 5.97 Å². The molecule has 0 bridgehead atoms. The number of hydrogen-bond donors (Lipinski definition) is 1. The topological polar surface area (TPSA) is 64.3 Å². The number of aliphatic carboxylic acids is 1. The maximum Gasteiger partial charge on any atom is 0.327 e. The SMILES string of the molecule is CCC1=C(C#N)C(c2ccc(-c3cccc4sccc34)cc2)C(C(=O)O)N1C. The molecule has 2 heterocycles. The molecular weight excluding hydrogens is 368 g/mol. The molecule has 28 heavy (non-hydrogen) atoms. The van der Waals surface area contributed by atoms with Crippen molar-refractivity contribution in [1.29, 1.82) is 5.26 Å². The van der Waals surface area contributed by atoms with Crippen molar-refractivity contribution in [3.8, 4) is 17.2 Å². The number of likely N-dealkylation sites (N-methyl/N-ethyl adjacent to an activating group) is 1. The first-order chi connectivity index (χ1) is 13.6. The lowest BCUT2D eigenvalue weighted by Crippen LogP contribution is -2.37. The smallest absolute Gasteiger partial charge is 0.327 e. The van der Waals surface area contributed by atoms with Gasteiger partial charge in [-0.1, -0.05) is 43.3 Å². The second-order valence-electron chi connectivity index (χ2n) is 6.96. The van der Waals surface area contributed by atoms with E-state index in [1.54, 1.807) is 23.3 Å². The Bertz CT molecular complexity index is 1120. The van der Waals surface area contributed by atoms with Crippen LogP contribution in [0.15, 0.2) is 65.2 Å². The summed E-state index contributed by atoms with van der Waals surface area (Å²) in [6, 6.07) is 17.9. The van der Waals surface area contributed by atoms with Crippen LogP contribution in [0.3, 0.4) is 0 Å². The van der Waals surface area contributed by atoms with Gasteiger partial charge in [-0.2, -0.15) is 5.26 Å². The van der Waals surface area contributed by atoms with Crippen molar-refractivity contribution in [3.63, 3.8) is 0 Å². The van der Waals surface area contributed by atoms with E-state index in [0.29, 0.717) is 12.0 Å². The molecule has 5 heteroatoms. The van der Waals surface area contributed by atoms with E-state index in [-0.39, 0.29) is 0 Å². The molecule has 0 fully saturated rings. The molecule has 0 radical (unpaired) electrons. The van der Waals surface area contributed by atoms with Gasteiger partial charge in [0, 0.05) is 22.8 Å². The molecule has 1 N–H and O–H groups in total. The van der Waals surface area contributed by atoms with Crippen LogP contribution >= 0.6 is 11.3 Å². The van der Waals surface area contributed by atoms with Gasteiger partial charge in [0.2, 0.25) is 0 Å². The van der Waals surface area contributed by atoms with Crippen molar-refractivity contribution in [2.45, 2.75) is 25.3 Å². The first-order valence-electron chi connectivity index (χ1n) is 9.22. The predicted molar refractivity (Wildman–Crippen MR) is 112 cm³/mol. The van der Waals surface area contributed by atoms with Gasteiger partial charge in [0.15, 0.2) is 0 Å². The second kappa shape index (κ2) is 7.14. The zero-order valence-corrected chi connectivity index (χ0v) is 16.5. The van der Waals surface area contributed by atoms with Crippen molar-refractivity contribution in [2.24, 2.45) is 0 Å². The summed E-state index contributed by atoms with van der Waals surface area (Å²) in [5, 5.41) is 22.8. The Balaban J connectivity index is 1.77. The molecule has 0 saturated carbocycles. The lowest BCUT2D eigenvalue weighted by Gasteiger charge is -2.25. The second-order valence-corrected chi connectivity index (χ2v) is 7.91. The molecule has 4 rings (SSSR count). The van der Waals surface area contributed by atoms with E-state index >= 15 is 0 Å². The van der Waals surface area contributed by atoms with E-state index in [1.807, 2.05) is 31.2 Å². The number of carboxylic acids is 1. The first-order valence-corrected chi connectivity index (χ1v) is 10.1. The van der Waals surface area contributed by atoms with Crippen LogP contribution in [0.1, 0.15) is 24.8 Å². The maximum atomic E-state index is 11.9. The monoisotopic (exact) mass is 388 g/mol. The Labute approximate surface area is 168 Å². The molecular formula is C23H20N2O2S. The van der Waals surface area contributed by atoms with Crippen LogP contribution < -0.4 is 0 Å². The van der Waals surface area contributed by atoms with Gasteiger partial charge in [-0.05, 0) is 40.6 Å². The minimum absolute atomic E-state index is 0.451. The molecule has 2 unspecified atom stereocenters. The summed E-state index contributed by atoms with van der Waals surface area (Å²) in [7, 11) is 1.76. The third-order valence-electron chi connectivity index (χ3n) is 5.57. The number of rotatable bonds is 4. The number of thiophene rings is 1. The molecule has 2 atom stereocenters. The molecule has 0 amide bonds. The molecule has 0 aliphatic carbocycles. The van der Waals surface area contributed by atoms with Crippen molar-refractivity contribution in [2.75, 3.05) is 7.05 Å². The van der Waals surface area contributed by atoms with Crippen molar-refractivity contribution in [1.82, 2.24) is 4.90 Å². The lowest BCUT2D eigenvalue weighted by molar-refractivity contribution is -0.142. The number of fused-ring (bicyclic) bond motifs is 1. The largest absolute Gasteiger partial charge is 0.480 e. The van der Waals surface area contributed by atoms with E-state index in [9.17, 15) is 15.2 Å². The average Bonchev–Trinajstić information content (AvgIpc) is 3.29. The highest BCUT2D eigenvalue weighted by molar-refractivity contribution is 7.17. The Hall–Kier alpha value is -3.10. The molecule has 1 aromatic heterocycles. The van der Waals surface area contributed by atoms with Crippen LogP contribution in [0.2, 0.25) is 0 Å². The quantitative estimate of drug-likeness (QED) is 0.664. The normalized spacial score (nSPS) is 19.2. The van der Waals surface area contributed by atoms with Gasteiger partial charge < -0.3 is 10.0 Å². The molecule has 1 aliphatic rings. The summed E-state index contributed by atoms with van der Waals surface area (Å²) >= 11 is 1.72. The van der Waals surface area contributed by atoms with Crippen molar-refractivity contribution >= 4 is 27.4 Å². The van der Waals surface area contributed by atoms with E-state index in [0.717, 1.165) is 22.4 Å². The summed E-state index contributed by atoms with van der Waals surface area (Å²) in [6.45, 7) is 1.95. The Kier molecular flexibility index (Phi) is 4.66. The van der Waals surface area contributed by atoms with Crippen LogP contribution in [-0.4, -0.2) is 29.1 Å². The summed E-state index contributed by atoms with van der Waals surface area (Å²) in [5.74, 6) is -1.36. The number of carbonyl (C=O) groups is 1. The number of benzene rings is 2. The van der Waals surface area contributed by atoms with Gasteiger partial charge in [0.25, 0.3) is 0 Å². The zero-order chi connectivity index (χ0) is 19.8. The predicted octanol–water partition coefficient (Wildman–Crippen LogP) is 5.24. The summed E-state index contributed by atoms with van der Waals surface area (Å²) in [6.07, 6.45) is 0.637. The van der Waals surface area contributed by atoms with Crippen LogP contribution in [0.5, 0.6) is 0 Å². The average molecular weight is 388 g/mol. The highest BCUT2D eigenvalue weighted by atomic mass is 32.1. The molecule has 1 aliphatic heterocycles. The van der Waals surface area contributed by atoms with E-state index in [4.69, 9.17) is 0 Å². The summed E-state index contributed by atoms with van der Waals surface area (Å²) in [5.41, 5.74) is 4.48. The van der Waals surface area contributed by atoms with Crippen molar-refractivity contribution in [3.05, 3.63) is 70.7 Å². The van der Waals surface area contributed by atoms with E-state index in [2.05, 4.69) is 35.7 Å². The lowest BCUT2D eigenvalue weighted by atomic mass is 9.86. The van der Waals surface area contributed by atoms with Crippen LogP contribution in [0.25, 0.3) is 21.2 Å². The molecule has 0 spiro atoms. The van der Waals surface area contributed by atoms with Gasteiger partial charge in [-0.3, -0.25) is 0 Å². The Morgan fingerprint density at radius 1 is 1.21 bits per heavy atom. The highest BCUT2D eigenvalue weighted by Crippen LogP contribution is 2.42. The zero-order valence-electron chi connectivity index (χ0n) is 15.7. The maximum absolute atomic E-state index is 11.9. The number of nitrogens with zero attached hydrogens (tertiary/aromatic N) is 2. The fourth-order valence-electron chi connectivity index (χ4n) is 4.27. The number of hydrogen-bond acceptors (Lipinski definition) is 4. The molecule has 3 aromatic rings. The minimum Gasteiger partial charge on any atom is -0.480 e. The Morgan fingerprint density at radius 2 is 1.96 bits per heavy atom. The molecule has 2 aromatic carbocycles. The molecule has 0 saturated heterocycles. The summed E-state index contributed by atoms with van der Waals surface area (Å²) < 4.78 is 1.24. The molecule has 140 valence electrons. The third-order valence-corrected chi connectivity index (χ3v) is 6.45. The van der Waals surface area contributed by atoms with Crippen molar-refractivity contribution < 1.29 is 9.90 Å². The third kappa shape index (κ3) is 2.78. The molecule has 4 nitrogen and oxygen atoms in total. The van der Waals surface area contributed by atoms with Gasteiger partial charge in [0.05, 0.1) is 17.6 Å². The van der Waals surface area contributed by atoms with E-state index in [1.165, 1.54) is 10.1 Å². The Morgan fingerprint density at radius 3 is 2.61 bits per heavy atom. The van der Waals surface area contributed by atoms with E-state index < -0.39 is 17.9 Å². The summed E-state index contributed by atoms with van der Waals surface area (Å²) in [4.78, 5) is 13.7. The van der Waals surface area contributed by atoms with Crippen LogP contribution in [0, 0.1) is 11.3 Å². The van der Waals surface area contributed by atoms with Gasteiger partial charge in [-0.15, -0.1) is 11.3 Å².